The molecule has 0 radical (unpaired) electrons. The van der Waals surface area contributed by atoms with Crippen LogP contribution in [0.4, 0.5) is 15.9 Å². The van der Waals surface area contributed by atoms with Gasteiger partial charge in [0.2, 0.25) is 0 Å². The average Bonchev–Trinajstić information content (AvgIpc) is 3.32. The Morgan fingerprint density at radius 2 is 2.10 bits per heavy atom. The van der Waals surface area contributed by atoms with Crippen molar-refractivity contribution in [2.45, 2.75) is 13.0 Å². The van der Waals surface area contributed by atoms with Crippen LogP contribution >= 0.6 is 0 Å². The number of fused-ring (bicyclic) bond motifs is 2. The summed E-state index contributed by atoms with van der Waals surface area (Å²) in [5.41, 5.74) is 4.63. The van der Waals surface area contributed by atoms with E-state index < -0.39 is 0 Å². The number of nitrogens with one attached hydrogen (secondary N) is 2. The minimum atomic E-state index is -0.344. The van der Waals surface area contributed by atoms with Gasteiger partial charge in [-0.2, -0.15) is 0 Å². The van der Waals surface area contributed by atoms with E-state index in [1.807, 2.05) is 23.1 Å². The Morgan fingerprint density at radius 1 is 1.23 bits per heavy atom. The molecular formula is C23H20FN5O2. The minimum Gasteiger partial charge on any atom is -0.348 e. The smallest absolute Gasteiger partial charge is 0.326 e. The quantitative estimate of drug-likeness (QED) is 0.535. The topological polar surface area (TPSA) is 83.0 Å². The van der Waals surface area contributed by atoms with E-state index in [-0.39, 0.29) is 17.4 Å². The minimum absolute atomic E-state index is 0.217. The molecule has 1 aliphatic heterocycles. The highest BCUT2D eigenvalue weighted by atomic mass is 19.1. The number of anilines is 2. The van der Waals surface area contributed by atoms with E-state index in [2.05, 4.69) is 15.3 Å². The number of nitrogens with zero attached hydrogens (tertiary/aromatic N) is 3. The molecule has 0 saturated carbocycles. The molecule has 7 nitrogen and oxygen atoms in total. The molecule has 0 aliphatic carbocycles. The maximum atomic E-state index is 14.1. The Labute approximate surface area is 177 Å². The van der Waals surface area contributed by atoms with Crippen molar-refractivity contribution < 1.29 is 9.18 Å². The number of hydrogen-bond acceptors (Lipinski definition) is 4. The van der Waals surface area contributed by atoms with Crippen LogP contribution < -0.4 is 15.9 Å². The average molecular weight is 417 g/mol. The highest BCUT2D eigenvalue weighted by molar-refractivity contribution is 5.97. The lowest BCUT2D eigenvalue weighted by Crippen LogP contribution is -2.22. The number of amides is 1. The van der Waals surface area contributed by atoms with Gasteiger partial charge in [-0.15, -0.1) is 0 Å². The maximum Gasteiger partial charge on any atom is 0.326 e. The monoisotopic (exact) mass is 417 g/mol. The van der Waals surface area contributed by atoms with E-state index in [4.69, 9.17) is 0 Å². The highest BCUT2D eigenvalue weighted by Gasteiger charge is 2.23. The molecule has 156 valence electrons. The SMILES string of the molecule is Cn1c(=O)[nH]c2cc(C(=O)NCc3ccc4c(c3)CCN4c3ncccc3F)ccc21. The van der Waals surface area contributed by atoms with Crippen molar-refractivity contribution in [3.63, 3.8) is 0 Å². The molecule has 0 saturated heterocycles. The van der Waals surface area contributed by atoms with Crippen LogP contribution in [0.2, 0.25) is 0 Å². The van der Waals surface area contributed by atoms with Crippen molar-refractivity contribution in [1.29, 1.82) is 0 Å². The molecular weight excluding hydrogens is 397 g/mol. The zero-order chi connectivity index (χ0) is 21.5. The summed E-state index contributed by atoms with van der Waals surface area (Å²) in [6.07, 6.45) is 2.37. The zero-order valence-corrected chi connectivity index (χ0v) is 16.9. The molecule has 0 atom stereocenters. The Hall–Kier alpha value is -3.94. The number of carbonyl (C=O) groups excluding carboxylic acids is 1. The second-order valence-electron chi connectivity index (χ2n) is 7.58. The molecule has 0 unspecified atom stereocenters. The third-order valence-corrected chi connectivity index (χ3v) is 5.65. The molecule has 5 rings (SSSR count). The van der Waals surface area contributed by atoms with Gasteiger partial charge in [-0.05, 0) is 53.9 Å². The first-order chi connectivity index (χ1) is 15.0. The number of H-pyrrole nitrogens is 1. The second-order valence-corrected chi connectivity index (χ2v) is 7.58. The summed E-state index contributed by atoms with van der Waals surface area (Å²) in [5, 5.41) is 2.92. The summed E-state index contributed by atoms with van der Waals surface area (Å²) < 4.78 is 15.6. The van der Waals surface area contributed by atoms with Crippen LogP contribution in [0.5, 0.6) is 0 Å². The Morgan fingerprint density at radius 3 is 2.94 bits per heavy atom. The van der Waals surface area contributed by atoms with Gasteiger partial charge in [-0.1, -0.05) is 12.1 Å². The zero-order valence-electron chi connectivity index (χ0n) is 16.9. The van der Waals surface area contributed by atoms with Crippen LogP contribution in [0.15, 0.2) is 59.5 Å². The van der Waals surface area contributed by atoms with Gasteiger partial charge in [-0.3, -0.25) is 9.36 Å². The largest absolute Gasteiger partial charge is 0.348 e. The summed E-state index contributed by atoms with van der Waals surface area (Å²) in [6, 6.07) is 14.0. The predicted octanol–water partition coefficient (Wildman–Crippen LogP) is 3.02. The summed E-state index contributed by atoms with van der Waals surface area (Å²) in [4.78, 5) is 33.1. The summed E-state index contributed by atoms with van der Waals surface area (Å²) in [7, 11) is 1.68. The Kier molecular flexibility index (Phi) is 4.54. The lowest BCUT2D eigenvalue weighted by molar-refractivity contribution is 0.0951. The molecule has 4 aromatic rings. The van der Waals surface area contributed by atoms with Crippen LogP contribution in [-0.4, -0.2) is 27.0 Å². The van der Waals surface area contributed by atoms with Crippen molar-refractivity contribution in [3.8, 4) is 0 Å². The summed E-state index contributed by atoms with van der Waals surface area (Å²) in [6.45, 7) is 1.03. The van der Waals surface area contributed by atoms with E-state index in [0.717, 1.165) is 28.8 Å². The molecule has 8 heteroatoms. The van der Waals surface area contributed by atoms with Gasteiger partial charge in [0, 0.05) is 37.6 Å². The summed E-state index contributed by atoms with van der Waals surface area (Å²) in [5.74, 6) is -0.232. The molecule has 0 spiro atoms. The maximum absolute atomic E-state index is 14.1. The number of aryl methyl sites for hydroxylation is 1. The van der Waals surface area contributed by atoms with Gasteiger partial charge in [-0.25, -0.2) is 14.2 Å². The number of imidazole rings is 1. The van der Waals surface area contributed by atoms with Gasteiger partial charge in [0.25, 0.3) is 5.91 Å². The fraction of sp³-hybridized carbons (Fsp3) is 0.174. The molecule has 1 amide bonds. The number of aromatic amines is 1. The fourth-order valence-electron chi connectivity index (χ4n) is 4.02. The number of hydrogen-bond donors (Lipinski definition) is 2. The molecule has 1 aliphatic rings. The fourth-order valence-corrected chi connectivity index (χ4v) is 4.02. The standard InChI is InChI=1S/C23H20FN5O2/c1-28-20-7-5-16(12-18(20)27-23(28)31)22(30)26-13-14-4-6-19-15(11-14)8-10-29(19)21-17(24)3-2-9-25-21/h2-7,9,11-12H,8,10,13H2,1H3,(H,26,30)(H,27,31). The van der Waals surface area contributed by atoms with E-state index in [0.29, 0.717) is 30.0 Å². The van der Waals surface area contributed by atoms with E-state index in [9.17, 15) is 14.0 Å². The number of rotatable bonds is 4. The van der Waals surface area contributed by atoms with Gasteiger partial charge in [0.1, 0.15) is 0 Å². The molecule has 31 heavy (non-hydrogen) atoms. The number of carbonyl (C=O) groups is 1. The number of halogens is 1. The van der Waals surface area contributed by atoms with Gasteiger partial charge < -0.3 is 15.2 Å². The van der Waals surface area contributed by atoms with Crippen LogP contribution in [0.1, 0.15) is 21.5 Å². The van der Waals surface area contributed by atoms with Crippen LogP contribution in [0.3, 0.4) is 0 Å². The molecule has 3 heterocycles. The third kappa shape index (κ3) is 3.35. The second kappa shape index (κ2) is 7.39. The first kappa shape index (κ1) is 19.0. The first-order valence-electron chi connectivity index (χ1n) is 9.98. The highest BCUT2D eigenvalue weighted by Crippen LogP contribution is 2.35. The normalized spacial score (nSPS) is 12.9. The predicted molar refractivity (Wildman–Crippen MR) is 116 cm³/mol. The van der Waals surface area contributed by atoms with Crippen molar-refractivity contribution in [1.82, 2.24) is 19.9 Å². The lowest BCUT2D eigenvalue weighted by Gasteiger charge is -2.19. The molecule has 2 aromatic heterocycles. The van der Waals surface area contributed by atoms with Crippen molar-refractivity contribution >= 4 is 28.4 Å². The molecule has 0 fully saturated rings. The van der Waals surface area contributed by atoms with Crippen molar-refractivity contribution in [2.75, 3.05) is 11.4 Å². The number of aromatic nitrogens is 3. The van der Waals surface area contributed by atoms with Crippen molar-refractivity contribution in [3.05, 3.63) is 87.7 Å². The van der Waals surface area contributed by atoms with Crippen LogP contribution in [-0.2, 0) is 20.0 Å². The van der Waals surface area contributed by atoms with Crippen LogP contribution in [0, 0.1) is 5.82 Å². The van der Waals surface area contributed by atoms with Crippen molar-refractivity contribution in [2.24, 2.45) is 7.05 Å². The number of pyridine rings is 1. The molecule has 0 bridgehead atoms. The first-order valence-corrected chi connectivity index (χ1v) is 9.98. The van der Waals surface area contributed by atoms with Gasteiger partial charge >= 0.3 is 5.69 Å². The third-order valence-electron chi connectivity index (χ3n) is 5.65. The van der Waals surface area contributed by atoms with E-state index >= 15 is 0 Å². The van der Waals surface area contributed by atoms with Gasteiger partial charge in [0.05, 0.1) is 11.0 Å². The van der Waals surface area contributed by atoms with E-state index in [1.54, 1.807) is 37.5 Å². The number of benzene rings is 2. The Bertz CT molecular complexity index is 1370. The van der Waals surface area contributed by atoms with E-state index in [1.165, 1.54) is 10.6 Å². The Balaban J connectivity index is 1.31. The van der Waals surface area contributed by atoms with Crippen LogP contribution in [0.25, 0.3) is 11.0 Å². The van der Waals surface area contributed by atoms with Gasteiger partial charge in [0.15, 0.2) is 11.6 Å². The lowest BCUT2D eigenvalue weighted by atomic mass is 10.1. The molecule has 2 aromatic carbocycles. The molecule has 2 N–H and O–H groups in total. The summed E-state index contributed by atoms with van der Waals surface area (Å²) >= 11 is 0.